The van der Waals surface area contributed by atoms with E-state index in [1.165, 1.54) is 0 Å². The minimum atomic E-state index is -0.280. The summed E-state index contributed by atoms with van der Waals surface area (Å²) in [6.45, 7) is 40.1. The van der Waals surface area contributed by atoms with Gasteiger partial charge in [0.15, 0.2) is 0 Å². The first-order valence-corrected chi connectivity index (χ1v) is 44.4. The fourth-order valence-corrected chi connectivity index (χ4v) is 19.3. The van der Waals surface area contributed by atoms with Crippen LogP contribution in [0.15, 0.2) is 170 Å². The number of aromatic hydroxyl groups is 6. The molecule has 0 unspecified atom stereocenters. The van der Waals surface area contributed by atoms with Gasteiger partial charge in [-0.05, 0) is 234 Å². The van der Waals surface area contributed by atoms with E-state index in [4.69, 9.17) is 18.9 Å². The number of rotatable bonds is 8. The van der Waals surface area contributed by atoms with Crippen LogP contribution >= 0.6 is 0 Å². The maximum Gasteiger partial charge on any atom is 0.125 e. The van der Waals surface area contributed by atoms with Crippen molar-refractivity contribution in [2.75, 3.05) is 28.4 Å². The maximum absolute atomic E-state index is 13.2. The van der Waals surface area contributed by atoms with Crippen LogP contribution in [-0.2, 0) is 122 Å². The molecule has 0 fully saturated rings. The molecule has 124 heavy (non-hydrogen) atoms. The van der Waals surface area contributed by atoms with Crippen molar-refractivity contribution in [3.63, 3.8) is 0 Å². The molecule has 12 aromatic rings. The van der Waals surface area contributed by atoms with Crippen LogP contribution in [-0.4, -0.2) is 59.1 Å². The first kappa shape index (κ1) is 87.5. The van der Waals surface area contributed by atoms with E-state index < -0.39 is 0 Å². The molecule has 0 aliphatic heterocycles. The van der Waals surface area contributed by atoms with Gasteiger partial charge in [-0.2, -0.15) is 0 Å². The van der Waals surface area contributed by atoms with Crippen LogP contribution in [0, 0.1) is 0 Å². The van der Waals surface area contributed by atoms with Crippen LogP contribution in [0.3, 0.4) is 0 Å². The second-order valence-corrected chi connectivity index (χ2v) is 42.3. The molecule has 6 N–H and O–H groups in total. The normalized spacial score (nSPS) is 13.9. The molecule has 0 saturated carbocycles. The average molecular weight is 1660 g/mol. The van der Waals surface area contributed by atoms with Gasteiger partial charge < -0.3 is 49.6 Å². The van der Waals surface area contributed by atoms with Crippen LogP contribution in [0.5, 0.6) is 57.5 Å². The Labute approximate surface area is 737 Å². The van der Waals surface area contributed by atoms with Gasteiger partial charge in [0.1, 0.15) is 57.5 Å². The van der Waals surface area contributed by atoms with E-state index in [0.29, 0.717) is 89.9 Å². The van der Waals surface area contributed by atoms with Crippen molar-refractivity contribution >= 4 is 0 Å². The number of ether oxygens (including phenoxy) is 4. The molecule has 0 saturated heterocycles. The van der Waals surface area contributed by atoms with Gasteiger partial charge in [-0.1, -0.05) is 294 Å². The predicted molar refractivity (Wildman–Crippen MR) is 505 cm³/mol. The van der Waals surface area contributed by atoms with Gasteiger partial charge in [-0.25, -0.2) is 0 Å². The third kappa shape index (κ3) is 18.4. The molecule has 0 aromatic heterocycles. The average Bonchev–Trinajstić information content (AvgIpc) is 0.757. The molecule has 10 nitrogen and oxygen atoms in total. The van der Waals surface area contributed by atoms with E-state index in [9.17, 15) is 30.6 Å². The summed E-state index contributed by atoms with van der Waals surface area (Å²) < 4.78 is 25.9. The van der Waals surface area contributed by atoms with Crippen LogP contribution in [0.25, 0.3) is 0 Å². The van der Waals surface area contributed by atoms with E-state index in [1.54, 1.807) is 28.4 Å². The van der Waals surface area contributed by atoms with Gasteiger partial charge >= 0.3 is 0 Å². The molecule has 0 spiro atoms. The fourth-order valence-electron chi connectivity index (χ4n) is 19.3. The molecule has 644 valence electrons. The van der Waals surface area contributed by atoms with Crippen molar-refractivity contribution < 1.29 is 49.6 Å². The quantitative estimate of drug-likeness (QED) is 0.0865. The molecule has 0 radical (unpaired) electrons. The Morgan fingerprint density at radius 1 is 0.194 bits per heavy atom. The van der Waals surface area contributed by atoms with Gasteiger partial charge in [-0.3, -0.25) is 0 Å². The van der Waals surface area contributed by atoms with Gasteiger partial charge in [0, 0.05) is 77.0 Å². The highest BCUT2D eigenvalue weighted by molar-refractivity contribution is 5.64. The monoisotopic (exact) mass is 1660 g/mol. The second-order valence-electron chi connectivity index (χ2n) is 42.3. The van der Waals surface area contributed by atoms with Crippen molar-refractivity contribution in [2.24, 2.45) is 0 Å². The molecule has 0 amide bonds. The molecule has 15 rings (SSSR count). The first-order valence-electron chi connectivity index (χ1n) is 44.4. The molecule has 3 aliphatic rings. The third-order valence-corrected chi connectivity index (χ3v) is 26.2. The number of hydrogen-bond donors (Lipinski definition) is 6. The molecule has 3 aliphatic carbocycles. The summed E-state index contributed by atoms with van der Waals surface area (Å²) in [4.78, 5) is 0. The van der Waals surface area contributed by atoms with E-state index >= 15 is 0 Å². The number of phenolic OH excluding ortho intramolecular Hbond substituents is 6. The maximum atomic E-state index is 13.2. The van der Waals surface area contributed by atoms with Crippen LogP contribution in [0.2, 0.25) is 0 Å². The SMILES string of the molecule is COc1c2cc(C(C)(C)C)cc1Cc1cc(Cc3cc4c(O)c(c3)Cc3cc(cc(C(C)(C)C)c3)Cc3cc(Cc5cc6c(O)c(c5)Cc5cc(C(C)(C)C)cc(c5OC)Cc5cccc(c5O)Cc5cc(C(C)(C)C)cc(c5OC)C6)cc(c3O)Cc3cc(cc(C(C)(C)C)c3)C4)cc(c1O)Cc1cc(C(C)(C)C)cc(c1OC)Cc1cccc(c1O)C2. The minimum absolute atomic E-state index is 0.217. The molecular weight excluding hydrogens is 1530 g/mol. The Bertz CT molecular complexity index is 5480. The minimum Gasteiger partial charge on any atom is -0.507 e. The van der Waals surface area contributed by atoms with Gasteiger partial charge in [-0.15, -0.1) is 0 Å². The molecular formula is C114H128O10. The molecule has 10 heteroatoms. The number of methoxy groups -OCH3 is 4. The van der Waals surface area contributed by atoms with Crippen LogP contribution in [0.4, 0.5) is 0 Å². The Kier molecular flexibility index (Phi) is 23.5. The smallest absolute Gasteiger partial charge is 0.125 e. The van der Waals surface area contributed by atoms with Crippen molar-refractivity contribution in [1.29, 1.82) is 0 Å². The van der Waals surface area contributed by atoms with E-state index in [2.05, 4.69) is 258 Å². The number of fused-ring (bicyclic) bond motifs is 24. The lowest BCUT2D eigenvalue weighted by Gasteiger charge is -2.26. The van der Waals surface area contributed by atoms with Crippen LogP contribution in [0.1, 0.15) is 314 Å². The highest BCUT2D eigenvalue weighted by Crippen LogP contribution is 2.48. The van der Waals surface area contributed by atoms with E-state index in [-0.39, 0.29) is 67.0 Å². The number of para-hydroxylation sites is 2. The second kappa shape index (κ2) is 33.3. The summed E-state index contributed by atoms with van der Waals surface area (Å²) >= 11 is 0. The molecule has 0 heterocycles. The summed E-state index contributed by atoms with van der Waals surface area (Å²) in [6, 6.07) is 61.1. The first-order chi connectivity index (χ1) is 58.4. The van der Waals surface area contributed by atoms with Crippen LogP contribution < -0.4 is 18.9 Å². The Morgan fingerprint density at radius 3 is 0.516 bits per heavy atom. The van der Waals surface area contributed by atoms with E-state index in [0.717, 1.165) is 212 Å². The lowest BCUT2D eigenvalue weighted by molar-refractivity contribution is 0.403. The molecule has 12 aromatic carbocycles. The Hall–Kier alpha value is -11.4. The van der Waals surface area contributed by atoms with Crippen molar-refractivity contribution in [3.05, 3.63) is 359 Å². The van der Waals surface area contributed by atoms with Gasteiger partial charge in [0.2, 0.25) is 0 Å². The highest BCUT2D eigenvalue weighted by atomic mass is 16.5. The number of hydrogen-bond acceptors (Lipinski definition) is 10. The zero-order chi connectivity index (χ0) is 88.9. The fraction of sp³-hybridized carbons (Fsp3) is 0.368. The molecule has 0 atom stereocenters. The van der Waals surface area contributed by atoms with Crippen molar-refractivity contribution in [3.8, 4) is 57.5 Å². The zero-order valence-electron chi connectivity index (χ0n) is 77.4. The topological polar surface area (TPSA) is 158 Å². The standard InChI is InChI=1S/C114H128O10/c1-109(2,3)93-45-69-31-70(46-93)42-78-34-66(30-68-39-83-55-91-63-97(113(13,14)15)59-87(107(91)123-21)51-75-27-24-28-76(100(75)116)52-88-60-98(114(16,17)18)64-92(108(88)124-22)56-84(40-68)104(83)120)36-80(102(78)118)44-72-32-71(47-94(48-72)110(4,5)6)43-79-35-65(33-77(41-69)101(79)117)29-67-37-81-53-89-61-95(111(7,8)9)57-85(105(89)121-19)49-73-25-23-26-74(99(73)115)50-86-58-96(112(10,11)12)62-90(106(86)122-20)54-82(38-67)103(81)119/h23-28,31-40,45-48,57-64,115-120H,29-30,41-44,49-56H2,1-22H3. The summed E-state index contributed by atoms with van der Waals surface area (Å²) in [5, 5.41) is 77.3. The van der Waals surface area contributed by atoms with Crippen molar-refractivity contribution in [2.45, 2.75) is 247 Å². The van der Waals surface area contributed by atoms with E-state index in [1.807, 2.05) is 36.4 Å². The zero-order valence-corrected chi connectivity index (χ0v) is 77.4. The Balaban J connectivity index is 0.870. The molecule has 24 bridgehead atoms. The number of phenols is 6. The largest absolute Gasteiger partial charge is 0.507 e. The summed E-state index contributed by atoms with van der Waals surface area (Å²) in [5.41, 5.74) is 30.4. The highest BCUT2D eigenvalue weighted by Gasteiger charge is 2.32. The summed E-state index contributed by atoms with van der Waals surface area (Å²) in [7, 11) is 6.88. The lowest BCUT2D eigenvalue weighted by atomic mass is 9.81. The van der Waals surface area contributed by atoms with Crippen molar-refractivity contribution in [1.82, 2.24) is 0 Å². The third-order valence-electron chi connectivity index (χ3n) is 26.2. The Morgan fingerprint density at radius 2 is 0.347 bits per heavy atom. The summed E-state index contributed by atoms with van der Waals surface area (Å²) in [5.74, 6) is 4.36. The lowest BCUT2D eigenvalue weighted by Crippen LogP contribution is -2.14. The number of benzene rings is 12. The van der Waals surface area contributed by atoms with Gasteiger partial charge in [0.05, 0.1) is 28.4 Å². The summed E-state index contributed by atoms with van der Waals surface area (Å²) in [6.07, 6.45) is 5.78. The predicted octanol–water partition coefficient (Wildman–Crippen LogP) is 25.0. The van der Waals surface area contributed by atoms with Gasteiger partial charge in [0.25, 0.3) is 0 Å².